The summed E-state index contributed by atoms with van der Waals surface area (Å²) in [4.78, 5) is 24.1. The van der Waals surface area contributed by atoms with Crippen LogP contribution in [0.15, 0.2) is 48.5 Å². The van der Waals surface area contributed by atoms with E-state index >= 15 is 0 Å². The lowest BCUT2D eigenvalue weighted by atomic mass is 9.79. The van der Waals surface area contributed by atoms with E-state index in [2.05, 4.69) is 0 Å². The van der Waals surface area contributed by atoms with Crippen molar-refractivity contribution in [3.8, 4) is 5.75 Å². The summed E-state index contributed by atoms with van der Waals surface area (Å²) in [6.07, 6.45) is 0.360. The SMILES string of the molecule is CC(C)(Cc1ccc(N2CC(=O)NS2(=O)=O)c(O)c1)C(=O)c1ccccc1. The van der Waals surface area contributed by atoms with Crippen LogP contribution in [0.1, 0.15) is 29.8 Å². The Morgan fingerprint density at radius 2 is 1.85 bits per heavy atom. The van der Waals surface area contributed by atoms with Crippen molar-refractivity contribution in [2.45, 2.75) is 20.3 Å². The highest BCUT2D eigenvalue weighted by Crippen LogP contribution is 2.34. The van der Waals surface area contributed by atoms with E-state index in [0.29, 0.717) is 17.5 Å². The number of nitrogens with zero attached hydrogens (tertiary/aromatic N) is 1. The molecule has 1 aliphatic heterocycles. The molecule has 0 atom stereocenters. The Hall–Kier alpha value is -2.87. The molecule has 1 amide bonds. The summed E-state index contributed by atoms with van der Waals surface area (Å²) >= 11 is 0. The number of rotatable bonds is 5. The van der Waals surface area contributed by atoms with Crippen molar-refractivity contribution in [2.24, 2.45) is 5.41 Å². The average Bonchev–Trinajstić information content (AvgIpc) is 2.87. The second-order valence-corrected chi connectivity index (χ2v) is 8.71. The number of phenolic OH excluding ortho intramolecular Hbond substituents is 1. The molecule has 1 saturated heterocycles. The van der Waals surface area contributed by atoms with Crippen molar-refractivity contribution in [1.29, 1.82) is 0 Å². The number of Topliss-reactive ketones (excluding diaryl/α,β-unsaturated/α-hetero) is 1. The average molecular weight is 388 g/mol. The molecular weight excluding hydrogens is 368 g/mol. The van der Waals surface area contributed by atoms with Gasteiger partial charge in [-0.3, -0.25) is 9.59 Å². The fraction of sp³-hybridized carbons (Fsp3) is 0.263. The number of hydrogen-bond acceptors (Lipinski definition) is 5. The van der Waals surface area contributed by atoms with Gasteiger partial charge in [-0.1, -0.05) is 50.2 Å². The Bertz CT molecular complexity index is 1000. The number of amides is 1. The van der Waals surface area contributed by atoms with Crippen molar-refractivity contribution in [2.75, 3.05) is 10.8 Å². The second kappa shape index (κ2) is 6.70. The maximum atomic E-state index is 12.8. The summed E-state index contributed by atoms with van der Waals surface area (Å²) in [6.45, 7) is 3.26. The number of carbonyl (C=O) groups excluding carboxylic acids is 2. The molecule has 0 aromatic heterocycles. The van der Waals surface area contributed by atoms with Gasteiger partial charge >= 0.3 is 10.2 Å². The van der Waals surface area contributed by atoms with Gasteiger partial charge < -0.3 is 5.11 Å². The van der Waals surface area contributed by atoms with Gasteiger partial charge in [0, 0.05) is 11.0 Å². The Balaban J connectivity index is 1.84. The fourth-order valence-electron chi connectivity index (χ4n) is 3.12. The van der Waals surface area contributed by atoms with E-state index in [1.807, 2.05) is 24.6 Å². The lowest BCUT2D eigenvalue weighted by molar-refractivity contribution is -0.117. The van der Waals surface area contributed by atoms with E-state index in [0.717, 1.165) is 4.31 Å². The Kier molecular flexibility index (Phi) is 4.69. The first kappa shape index (κ1) is 18.9. The van der Waals surface area contributed by atoms with Gasteiger partial charge in [0.2, 0.25) is 0 Å². The second-order valence-electron chi connectivity index (χ2n) is 7.12. The van der Waals surface area contributed by atoms with Gasteiger partial charge in [0.1, 0.15) is 12.3 Å². The maximum Gasteiger partial charge on any atom is 0.326 e. The maximum absolute atomic E-state index is 12.8. The van der Waals surface area contributed by atoms with E-state index in [4.69, 9.17) is 0 Å². The lowest BCUT2D eigenvalue weighted by Crippen LogP contribution is -2.29. The quantitative estimate of drug-likeness (QED) is 0.763. The molecule has 0 spiro atoms. The molecule has 1 fully saturated rings. The first-order valence-electron chi connectivity index (χ1n) is 8.35. The molecule has 142 valence electrons. The predicted octanol–water partition coefficient (Wildman–Crippen LogP) is 2.02. The van der Waals surface area contributed by atoms with E-state index in [9.17, 15) is 23.1 Å². The summed E-state index contributed by atoms with van der Waals surface area (Å²) in [5.74, 6) is -0.952. The number of anilines is 1. The number of phenols is 1. The zero-order chi connectivity index (χ0) is 19.8. The Labute approximate surface area is 157 Å². The summed E-state index contributed by atoms with van der Waals surface area (Å²) in [5.41, 5.74) is 0.591. The van der Waals surface area contributed by atoms with Crippen molar-refractivity contribution in [3.05, 3.63) is 59.7 Å². The van der Waals surface area contributed by atoms with Gasteiger partial charge in [0.15, 0.2) is 5.78 Å². The topological polar surface area (TPSA) is 104 Å². The molecule has 1 heterocycles. The van der Waals surface area contributed by atoms with E-state index in [1.54, 1.807) is 30.3 Å². The van der Waals surface area contributed by atoms with Crippen LogP contribution in [0.3, 0.4) is 0 Å². The van der Waals surface area contributed by atoms with Gasteiger partial charge in [-0.2, -0.15) is 8.42 Å². The minimum atomic E-state index is -3.99. The molecule has 0 radical (unpaired) electrons. The van der Waals surface area contributed by atoms with E-state index < -0.39 is 21.5 Å². The summed E-state index contributed by atoms with van der Waals surface area (Å²) in [7, 11) is -3.99. The van der Waals surface area contributed by atoms with Crippen molar-refractivity contribution in [3.63, 3.8) is 0 Å². The van der Waals surface area contributed by atoms with Gasteiger partial charge in [-0.05, 0) is 24.1 Å². The van der Waals surface area contributed by atoms with Crippen LogP contribution in [0.4, 0.5) is 5.69 Å². The monoisotopic (exact) mass is 388 g/mol. The summed E-state index contributed by atoms with van der Waals surface area (Å²) in [5, 5.41) is 10.3. The molecular formula is C19H20N2O5S. The van der Waals surface area contributed by atoms with Crippen LogP contribution in [0, 0.1) is 5.41 Å². The summed E-state index contributed by atoms with van der Waals surface area (Å²) in [6, 6.07) is 13.5. The van der Waals surface area contributed by atoms with Crippen LogP contribution in [0.2, 0.25) is 0 Å². The molecule has 2 aromatic rings. The number of benzene rings is 2. The molecule has 0 saturated carbocycles. The standard InChI is InChI=1S/C19H20N2O5S/c1-19(2,18(24)14-6-4-3-5-7-14)11-13-8-9-15(16(22)10-13)21-12-17(23)20-27(21,25)26/h3-10,22H,11-12H2,1-2H3,(H,20,23). The van der Waals surface area contributed by atoms with Gasteiger partial charge in [0.05, 0.1) is 5.69 Å². The zero-order valence-corrected chi connectivity index (χ0v) is 15.8. The van der Waals surface area contributed by atoms with Crippen LogP contribution < -0.4 is 9.03 Å². The smallest absolute Gasteiger partial charge is 0.326 e. The molecule has 7 nitrogen and oxygen atoms in total. The molecule has 0 aliphatic carbocycles. The highest BCUT2D eigenvalue weighted by molar-refractivity contribution is 7.92. The van der Waals surface area contributed by atoms with Crippen molar-refractivity contribution < 1.29 is 23.1 Å². The van der Waals surface area contributed by atoms with Gasteiger partial charge in [-0.15, -0.1) is 0 Å². The number of hydrogen-bond donors (Lipinski definition) is 2. The first-order valence-corrected chi connectivity index (χ1v) is 9.79. The minimum Gasteiger partial charge on any atom is -0.506 e. The van der Waals surface area contributed by atoms with Crippen LogP contribution in [-0.4, -0.2) is 31.8 Å². The third-order valence-corrected chi connectivity index (χ3v) is 5.82. The number of aromatic hydroxyl groups is 1. The Morgan fingerprint density at radius 1 is 1.19 bits per heavy atom. The third kappa shape index (κ3) is 3.80. The lowest BCUT2D eigenvalue weighted by Gasteiger charge is -2.24. The number of carbonyl (C=O) groups is 2. The van der Waals surface area contributed by atoms with Crippen LogP contribution in [0.25, 0.3) is 0 Å². The highest BCUT2D eigenvalue weighted by atomic mass is 32.2. The third-order valence-electron chi connectivity index (χ3n) is 4.43. The molecule has 27 heavy (non-hydrogen) atoms. The first-order chi connectivity index (χ1) is 12.6. The highest BCUT2D eigenvalue weighted by Gasteiger charge is 2.36. The summed E-state index contributed by atoms with van der Waals surface area (Å²) < 4.78 is 26.5. The molecule has 1 aliphatic rings. The normalized spacial score (nSPS) is 16.2. The number of nitrogens with one attached hydrogen (secondary N) is 1. The van der Waals surface area contributed by atoms with Crippen LogP contribution in [-0.2, 0) is 21.4 Å². The van der Waals surface area contributed by atoms with Crippen LogP contribution >= 0.6 is 0 Å². The largest absolute Gasteiger partial charge is 0.506 e. The minimum absolute atomic E-state index is 0.0179. The molecule has 2 N–H and O–H groups in total. The molecule has 0 unspecified atom stereocenters. The molecule has 3 rings (SSSR count). The molecule has 2 aromatic carbocycles. The predicted molar refractivity (Wildman–Crippen MR) is 101 cm³/mol. The van der Waals surface area contributed by atoms with Gasteiger partial charge in [0.25, 0.3) is 5.91 Å². The molecule has 8 heteroatoms. The van der Waals surface area contributed by atoms with Gasteiger partial charge in [-0.25, -0.2) is 9.03 Å². The van der Waals surface area contributed by atoms with Crippen molar-refractivity contribution >= 4 is 27.6 Å². The number of ketones is 1. The van der Waals surface area contributed by atoms with Crippen LogP contribution in [0.5, 0.6) is 5.75 Å². The molecule has 0 bridgehead atoms. The van der Waals surface area contributed by atoms with Crippen molar-refractivity contribution in [1.82, 2.24) is 4.72 Å². The van der Waals surface area contributed by atoms with E-state index in [-0.39, 0.29) is 23.8 Å². The van der Waals surface area contributed by atoms with E-state index in [1.165, 1.54) is 12.1 Å². The zero-order valence-electron chi connectivity index (χ0n) is 15.0. The fourth-order valence-corrected chi connectivity index (χ4v) is 4.29. The Morgan fingerprint density at radius 3 is 2.41 bits per heavy atom.